The van der Waals surface area contributed by atoms with Crippen LogP contribution in [0.25, 0.3) is 10.9 Å². The summed E-state index contributed by atoms with van der Waals surface area (Å²) in [6, 6.07) is 6.99. The van der Waals surface area contributed by atoms with Crippen molar-refractivity contribution in [2.45, 2.75) is 50.9 Å². The van der Waals surface area contributed by atoms with Gasteiger partial charge in [-0.2, -0.15) is 0 Å². The lowest BCUT2D eigenvalue weighted by atomic mass is 9.75. The van der Waals surface area contributed by atoms with Gasteiger partial charge in [0.05, 0.1) is 23.8 Å². The molecule has 0 amide bonds. The molecular weight excluding hydrogens is 359 g/mol. The fourth-order valence-corrected chi connectivity index (χ4v) is 5.20. The minimum atomic E-state index is -0.182. The minimum absolute atomic E-state index is 0.182. The van der Waals surface area contributed by atoms with Gasteiger partial charge in [0.2, 0.25) is 0 Å². The predicted octanol–water partition coefficient (Wildman–Crippen LogP) is 6.31. The Kier molecular flexibility index (Phi) is 5.39. The second-order valence-corrected chi connectivity index (χ2v) is 8.66. The van der Waals surface area contributed by atoms with E-state index < -0.39 is 0 Å². The molecule has 4 rings (SSSR count). The predicted molar refractivity (Wildman–Crippen MR) is 108 cm³/mol. The fraction of sp³-hybridized carbons (Fsp3) is 0.455. The Morgan fingerprint density at radius 3 is 2.74 bits per heavy atom. The summed E-state index contributed by atoms with van der Waals surface area (Å²) < 4.78 is 19.0. The standard InChI is InChI=1S/C22H25FN2OS/c1-14(22-25-13-21(26-2)27-22)11-15-3-5-16(6-4-15)18-9-10-24-20-8-7-17(23)12-19(18)20/h7-10,12-16H,3-6,11H2,1-2H3/t14-,15-,16+/m1/s1. The number of aromatic nitrogens is 2. The summed E-state index contributed by atoms with van der Waals surface area (Å²) in [6.07, 6.45) is 9.62. The molecule has 1 aliphatic carbocycles. The number of pyridine rings is 1. The lowest BCUT2D eigenvalue weighted by Crippen LogP contribution is -2.15. The van der Waals surface area contributed by atoms with Crippen molar-refractivity contribution >= 4 is 22.2 Å². The van der Waals surface area contributed by atoms with Crippen LogP contribution >= 0.6 is 11.3 Å². The number of thiazole rings is 1. The second-order valence-electron chi connectivity index (χ2n) is 7.64. The highest BCUT2D eigenvalue weighted by Crippen LogP contribution is 2.42. The molecule has 1 aliphatic rings. The molecule has 2 heterocycles. The molecule has 0 bridgehead atoms. The summed E-state index contributed by atoms with van der Waals surface area (Å²) in [7, 11) is 1.69. The highest BCUT2D eigenvalue weighted by atomic mass is 32.1. The Hall–Kier alpha value is -2.01. The second kappa shape index (κ2) is 7.93. The fourth-order valence-electron chi connectivity index (χ4n) is 4.40. The number of ether oxygens (including phenoxy) is 1. The van der Waals surface area contributed by atoms with Crippen molar-refractivity contribution in [1.29, 1.82) is 0 Å². The molecule has 0 radical (unpaired) electrons. The summed E-state index contributed by atoms with van der Waals surface area (Å²) in [6.45, 7) is 2.27. The molecule has 2 aromatic heterocycles. The number of halogens is 1. The van der Waals surface area contributed by atoms with Crippen LogP contribution < -0.4 is 4.74 Å². The third kappa shape index (κ3) is 3.98. The van der Waals surface area contributed by atoms with E-state index in [1.54, 1.807) is 30.6 Å². The van der Waals surface area contributed by atoms with Gasteiger partial charge in [-0.1, -0.05) is 18.3 Å². The van der Waals surface area contributed by atoms with Crippen molar-refractivity contribution in [3.63, 3.8) is 0 Å². The molecule has 1 saturated carbocycles. The van der Waals surface area contributed by atoms with Crippen molar-refractivity contribution in [3.05, 3.63) is 53.0 Å². The van der Waals surface area contributed by atoms with E-state index in [-0.39, 0.29) is 5.82 Å². The van der Waals surface area contributed by atoms with Crippen LogP contribution in [-0.4, -0.2) is 17.1 Å². The molecule has 0 N–H and O–H groups in total. The van der Waals surface area contributed by atoms with Gasteiger partial charge in [0.25, 0.3) is 0 Å². The molecule has 0 unspecified atom stereocenters. The number of fused-ring (bicyclic) bond motifs is 1. The Morgan fingerprint density at radius 2 is 2.00 bits per heavy atom. The first-order chi connectivity index (χ1) is 13.1. The number of rotatable bonds is 5. The van der Waals surface area contributed by atoms with E-state index in [0.29, 0.717) is 11.8 Å². The van der Waals surface area contributed by atoms with Crippen molar-refractivity contribution < 1.29 is 9.13 Å². The molecule has 1 aromatic carbocycles. The third-order valence-corrected chi connectivity index (χ3v) is 7.03. The number of hydrogen-bond acceptors (Lipinski definition) is 4. The maximum absolute atomic E-state index is 13.7. The monoisotopic (exact) mass is 384 g/mol. The molecular formula is C22H25FN2OS. The average molecular weight is 385 g/mol. The highest BCUT2D eigenvalue weighted by molar-refractivity contribution is 7.13. The van der Waals surface area contributed by atoms with Gasteiger partial charge < -0.3 is 4.74 Å². The van der Waals surface area contributed by atoms with Crippen LogP contribution in [0.15, 0.2) is 36.7 Å². The van der Waals surface area contributed by atoms with E-state index in [9.17, 15) is 4.39 Å². The quantitative estimate of drug-likeness (QED) is 0.517. The molecule has 3 nitrogen and oxygen atoms in total. The number of nitrogens with zero attached hydrogens (tertiary/aromatic N) is 2. The van der Waals surface area contributed by atoms with Crippen molar-refractivity contribution in [2.75, 3.05) is 7.11 Å². The zero-order chi connectivity index (χ0) is 18.8. The zero-order valence-electron chi connectivity index (χ0n) is 15.8. The van der Waals surface area contributed by atoms with Crippen LogP contribution in [0.2, 0.25) is 0 Å². The van der Waals surface area contributed by atoms with E-state index in [1.807, 2.05) is 12.4 Å². The Balaban J connectivity index is 1.41. The van der Waals surface area contributed by atoms with Gasteiger partial charge in [0.15, 0.2) is 5.06 Å². The maximum atomic E-state index is 13.7. The van der Waals surface area contributed by atoms with Crippen molar-refractivity contribution in [3.8, 4) is 5.06 Å². The van der Waals surface area contributed by atoms with E-state index in [0.717, 1.165) is 34.7 Å². The molecule has 0 aliphatic heterocycles. The molecule has 0 spiro atoms. The number of methoxy groups -OCH3 is 1. The Bertz CT molecular complexity index is 918. The number of hydrogen-bond donors (Lipinski definition) is 0. The summed E-state index contributed by atoms with van der Waals surface area (Å²) in [5, 5.41) is 3.03. The van der Waals surface area contributed by atoms with Crippen LogP contribution in [0.3, 0.4) is 0 Å². The lowest BCUT2D eigenvalue weighted by molar-refractivity contribution is 0.298. The normalized spacial score (nSPS) is 21.3. The smallest absolute Gasteiger partial charge is 0.193 e. The topological polar surface area (TPSA) is 35.0 Å². The van der Waals surface area contributed by atoms with Gasteiger partial charge in [-0.05, 0) is 73.8 Å². The van der Waals surface area contributed by atoms with Crippen LogP contribution in [0.5, 0.6) is 5.06 Å². The Labute approximate surface area is 163 Å². The molecule has 142 valence electrons. The summed E-state index contributed by atoms with van der Waals surface area (Å²) in [4.78, 5) is 8.90. The summed E-state index contributed by atoms with van der Waals surface area (Å²) in [5.41, 5.74) is 2.15. The first-order valence-corrected chi connectivity index (χ1v) is 10.5. The van der Waals surface area contributed by atoms with E-state index >= 15 is 0 Å². The van der Waals surface area contributed by atoms with Crippen molar-refractivity contribution in [1.82, 2.24) is 9.97 Å². The van der Waals surface area contributed by atoms with Gasteiger partial charge in [-0.15, -0.1) is 0 Å². The summed E-state index contributed by atoms with van der Waals surface area (Å²) >= 11 is 1.65. The highest BCUT2D eigenvalue weighted by Gasteiger charge is 2.26. The van der Waals surface area contributed by atoms with Crippen molar-refractivity contribution in [2.24, 2.45) is 5.92 Å². The van der Waals surface area contributed by atoms with Gasteiger partial charge in [0, 0.05) is 17.5 Å². The first kappa shape index (κ1) is 18.4. The van der Waals surface area contributed by atoms with Crippen LogP contribution in [0, 0.1) is 11.7 Å². The third-order valence-electron chi connectivity index (χ3n) is 5.84. The largest absolute Gasteiger partial charge is 0.486 e. The molecule has 5 heteroatoms. The molecule has 1 atom stereocenters. The van der Waals surface area contributed by atoms with Crippen LogP contribution in [0.4, 0.5) is 4.39 Å². The van der Waals surface area contributed by atoms with E-state index in [1.165, 1.54) is 35.9 Å². The van der Waals surface area contributed by atoms with Gasteiger partial charge >= 0.3 is 0 Å². The maximum Gasteiger partial charge on any atom is 0.193 e. The number of benzene rings is 1. The van der Waals surface area contributed by atoms with Gasteiger partial charge in [-0.25, -0.2) is 9.37 Å². The van der Waals surface area contributed by atoms with Crippen LogP contribution in [-0.2, 0) is 0 Å². The van der Waals surface area contributed by atoms with Gasteiger partial charge in [-0.3, -0.25) is 4.98 Å². The van der Waals surface area contributed by atoms with Crippen LogP contribution in [0.1, 0.15) is 61.4 Å². The average Bonchev–Trinajstić information content (AvgIpc) is 3.18. The summed E-state index contributed by atoms with van der Waals surface area (Å²) in [5.74, 6) is 1.52. The Morgan fingerprint density at radius 1 is 1.19 bits per heavy atom. The van der Waals surface area contributed by atoms with Gasteiger partial charge in [0.1, 0.15) is 5.82 Å². The van der Waals surface area contributed by atoms with E-state index in [4.69, 9.17) is 4.74 Å². The molecule has 0 saturated heterocycles. The SMILES string of the molecule is COc1cnc([C@H](C)C[C@H]2CC[C@@H](c3ccnc4ccc(F)cc43)CC2)s1. The molecule has 27 heavy (non-hydrogen) atoms. The minimum Gasteiger partial charge on any atom is -0.486 e. The first-order valence-electron chi connectivity index (χ1n) is 9.68. The molecule has 1 fully saturated rings. The van der Waals surface area contributed by atoms with E-state index in [2.05, 4.69) is 23.0 Å². The lowest BCUT2D eigenvalue weighted by Gasteiger charge is -2.30. The zero-order valence-corrected chi connectivity index (χ0v) is 16.6. The molecule has 3 aromatic rings.